The predicted molar refractivity (Wildman–Crippen MR) is 136 cm³/mol. The van der Waals surface area contributed by atoms with Gasteiger partial charge in [-0.05, 0) is 34.9 Å². The molecule has 0 aromatic carbocycles. The molecule has 2 saturated carbocycles. The van der Waals surface area contributed by atoms with Crippen molar-refractivity contribution in [2.24, 2.45) is 22.2 Å². The molecule has 4 rings (SSSR count). The SMILES string of the molecule is Nc1nc(Cl)nc2c1N=CC2[C@H]1[C@H](O)[C@H](O)[C@@]2(C[P+](=O)OC(CCSSO)CSSO)C[C@H]12. The second kappa shape index (κ2) is 11.0. The Morgan fingerprint density at radius 2 is 2.06 bits per heavy atom. The van der Waals surface area contributed by atoms with Crippen molar-refractivity contribution in [1.29, 1.82) is 0 Å². The first-order chi connectivity index (χ1) is 15.8. The topological polar surface area (TPSA) is 171 Å². The van der Waals surface area contributed by atoms with E-state index in [1.54, 1.807) is 6.21 Å². The van der Waals surface area contributed by atoms with E-state index >= 15 is 0 Å². The van der Waals surface area contributed by atoms with Crippen LogP contribution in [0.1, 0.15) is 24.5 Å². The first-order valence-electron chi connectivity index (χ1n) is 10.0. The van der Waals surface area contributed by atoms with Gasteiger partial charge in [0.1, 0.15) is 11.8 Å². The largest absolute Gasteiger partial charge is 0.509 e. The summed E-state index contributed by atoms with van der Waals surface area (Å²) in [7, 11) is 0.320. The minimum atomic E-state index is -2.12. The number of aliphatic hydroxyl groups is 2. The van der Waals surface area contributed by atoms with E-state index in [1.807, 2.05) is 0 Å². The van der Waals surface area contributed by atoms with Crippen molar-refractivity contribution < 1.29 is 28.4 Å². The molecule has 1 aliphatic heterocycles. The number of aromatic nitrogens is 2. The van der Waals surface area contributed by atoms with Gasteiger partial charge in [-0.25, -0.2) is 4.98 Å². The third-order valence-corrected chi connectivity index (χ3v) is 10.7. The molecule has 182 valence electrons. The summed E-state index contributed by atoms with van der Waals surface area (Å²) in [6.45, 7) is 0. The zero-order valence-electron chi connectivity index (χ0n) is 17.1. The smallest absolute Gasteiger partial charge is 0.390 e. The molecule has 0 saturated heterocycles. The van der Waals surface area contributed by atoms with Gasteiger partial charge in [-0.3, -0.25) is 4.99 Å². The van der Waals surface area contributed by atoms with E-state index < -0.39 is 25.7 Å². The first kappa shape index (κ1) is 26.2. The summed E-state index contributed by atoms with van der Waals surface area (Å²) in [5, 5.41) is 21.8. The maximum Gasteiger partial charge on any atom is 0.509 e. The van der Waals surface area contributed by atoms with E-state index in [2.05, 4.69) is 15.0 Å². The lowest BCUT2D eigenvalue weighted by molar-refractivity contribution is -0.0179. The van der Waals surface area contributed by atoms with E-state index in [0.717, 1.165) is 0 Å². The van der Waals surface area contributed by atoms with Gasteiger partial charge in [-0.1, -0.05) is 21.6 Å². The number of anilines is 1. The second-order valence-electron chi connectivity index (χ2n) is 8.23. The summed E-state index contributed by atoms with van der Waals surface area (Å²) in [6, 6.07) is 0. The number of nitrogens with zero attached hydrogens (tertiary/aromatic N) is 3. The highest BCUT2D eigenvalue weighted by atomic mass is 35.5. The minimum absolute atomic E-state index is 0.00367. The van der Waals surface area contributed by atoms with Crippen molar-refractivity contribution in [3.63, 3.8) is 0 Å². The van der Waals surface area contributed by atoms with Crippen LogP contribution in [0.5, 0.6) is 0 Å². The molecule has 0 bridgehead atoms. The van der Waals surface area contributed by atoms with Gasteiger partial charge in [0.15, 0.2) is 12.0 Å². The molecule has 0 spiro atoms. The molecular weight excluding hydrogens is 551 g/mol. The molecule has 2 aliphatic carbocycles. The number of aliphatic imine (C=N–C) groups is 1. The van der Waals surface area contributed by atoms with E-state index in [0.29, 0.717) is 57.9 Å². The predicted octanol–water partition coefficient (Wildman–Crippen LogP) is 4.10. The number of rotatable bonds is 12. The van der Waals surface area contributed by atoms with Crippen LogP contribution in [0.2, 0.25) is 5.28 Å². The lowest BCUT2D eigenvalue weighted by atomic mass is 9.84. The Balaban J connectivity index is 1.44. The first-order valence-corrected chi connectivity index (χ1v) is 16.3. The van der Waals surface area contributed by atoms with Crippen molar-refractivity contribution in [3.8, 4) is 0 Å². The molecule has 2 fully saturated rings. The van der Waals surface area contributed by atoms with Gasteiger partial charge >= 0.3 is 8.03 Å². The van der Waals surface area contributed by atoms with Crippen LogP contribution in [0.3, 0.4) is 0 Å². The van der Waals surface area contributed by atoms with Crippen LogP contribution in [0.4, 0.5) is 11.5 Å². The molecule has 3 aliphatic rings. The van der Waals surface area contributed by atoms with Crippen molar-refractivity contribution in [2.75, 3.05) is 23.4 Å². The minimum Gasteiger partial charge on any atom is -0.390 e. The fraction of sp³-hybridized carbons (Fsp3) is 0.706. The molecule has 6 N–H and O–H groups in total. The highest BCUT2D eigenvalue weighted by Crippen LogP contribution is 2.71. The zero-order valence-corrected chi connectivity index (χ0v) is 22.0. The summed E-state index contributed by atoms with van der Waals surface area (Å²) in [5.41, 5.74) is 6.17. The van der Waals surface area contributed by atoms with Gasteiger partial charge in [0.2, 0.25) is 5.28 Å². The number of hydrogen-bond acceptors (Lipinski definition) is 14. The average molecular weight is 574 g/mol. The van der Waals surface area contributed by atoms with Crippen molar-refractivity contribution in [3.05, 3.63) is 11.0 Å². The monoisotopic (exact) mass is 573 g/mol. The van der Waals surface area contributed by atoms with Crippen LogP contribution in [0.15, 0.2) is 4.99 Å². The van der Waals surface area contributed by atoms with E-state index in [1.165, 1.54) is 21.6 Å². The third kappa shape index (κ3) is 5.31. The summed E-state index contributed by atoms with van der Waals surface area (Å²) in [6.07, 6.45) is 0.477. The molecule has 0 amide bonds. The average Bonchev–Trinajstić information content (AvgIpc) is 3.24. The summed E-state index contributed by atoms with van der Waals surface area (Å²) >= 11 is 7.25. The number of halogens is 1. The van der Waals surface area contributed by atoms with Crippen LogP contribution < -0.4 is 5.73 Å². The van der Waals surface area contributed by atoms with Crippen LogP contribution >= 0.6 is 63.4 Å². The molecule has 16 heteroatoms. The molecule has 0 radical (unpaired) electrons. The Bertz CT molecular complexity index is 938. The van der Waals surface area contributed by atoms with E-state index in [4.69, 9.17) is 31.0 Å². The summed E-state index contributed by atoms with van der Waals surface area (Å²) in [5.74, 6) is 0.368. The Kier molecular flexibility index (Phi) is 8.77. The quantitative estimate of drug-likeness (QED) is 0.0796. The fourth-order valence-corrected chi connectivity index (χ4v) is 8.94. The van der Waals surface area contributed by atoms with Crippen LogP contribution in [0, 0.1) is 17.3 Å². The maximum atomic E-state index is 12.9. The molecule has 2 heterocycles. The summed E-state index contributed by atoms with van der Waals surface area (Å²) in [4.78, 5) is 12.5. The molecule has 8 atom stereocenters. The lowest BCUT2D eigenvalue weighted by Crippen LogP contribution is -2.36. The van der Waals surface area contributed by atoms with E-state index in [9.17, 15) is 14.8 Å². The number of hydrogen-bond donors (Lipinski definition) is 5. The fourth-order valence-electron chi connectivity index (χ4n) is 5.00. The number of nitrogens with two attached hydrogens (primary N) is 1. The second-order valence-corrected chi connectivity index (χ2v) is 13.6. The zero-order chi connectivity index (χ0) is 23.8. The van der Waals surface area contributed by atoms with Gasteiger partial charge in [0.05, 0.1) is 40.1 Å². The van der Waals surface area contributed by atoms with Gasteiger partial charge in [0.25, 0.3) is 0 Å². The van der Waals surface area contributed by atoms with Gasteiger partial charge in [-0.15, -0.1) is 4.52 Å². The molecule has 33 heavy (non-hydrogen) atoms. The Morgan fingerprint density at radius 1 is 1.30 bits per heavy atom. The van der Waals surface area contributed by atoms with Gasteiger partial charge < -0.3 is 25.1 Å². The standard InChI is InChI=1S/C17H22ClN4O6PS4/c18-16-21-11-8(4-20-12(11)15(19)22-16)10-9-3-17(9,14(24)13(10)23)6-29(25)28-7(5-31-33-27)1-2-30-32-26/h4,7-10,13-14,23-24H,1-3,5-6H2,(H3-,19,21,22,26,27)/p+1/t7?,8?,9-,10-,13+,14+,17-/m1/s1. The Labute approximate surface area is 212 Å². The van der Waals surface area contributed by atoms with Gasteiger partial charge in [-0.2, -0.15) is 4.98 Å². The molecule has 1 aromatic heterocycles. The lowest BCUT2D eigenvalue weighted by Gasteiger charge is -2.25. The Hall–Kier alpha value is 0.140. The number of aliphatic hydroxyl groups excluding tert-OH is 2. The Morgan fingerprint density at radius 3 is 2.79 bits per heavy atom. The molecular formula is C17H23ClN4O6PS4+. The van der Waals surface area contributed by atoms with Crippen LogP contribution in [-0.2, 0) is 9.09 Å². The van der Waals surface area contributed by atoms with Gasteiger partial charge in [0, 0.05) is 35.0 Å². The third-order valence-electron chi connectivity index (χ3n) is 6.53. The van der Waals surface area contributed by atoms with Crippen LogP contribution in [-0.4, -0.2) is 71.5 Å². The summed E-state index contributed by atoms with van der Waals surface area (Å²) < 4.78 is 36.6. The maximum absolute atomic E-state index is 12.9. The molecule has 3 unspecified atom stereocenters. The number of fused-ring (bicyclic) bond motifs is 2. The van der Waals surface area contributed by atoms with E-state index in [-0.39, 0.29) is 41.1 Å². The highest BCUT2D eigenvalue weighted by Gasteiger charge is 2.75. The molecule has 1 aromatic rings. The molecule has 10 nitrogen and oxygen atoms in total. The highest BCUT2D eigenvalue weighted by molar-refractivity contribution is 8.74. The van der Waals surface area contributed by atoms with Crippen LogP contribution in [0.25, 0.3) is 0 Å². The van der Waals surface area contributed by atoms with Crippen molar-refractivity contribution in [1.82, 2.24) is 9.97 Å². The normalized spacial score (nSPS) is 33.1. The van der Waals surface area contributed by atoms with Crippen molar-refractivity contribution in [2.45, 2.75) is 37.1 Å². The number of nitrogen functional groups attached to an aromatic ring is 1. The van der Waals surface area contributed by atoms with Crippen molar-refractivity contribution >= 4 is 81.1 Å².